The lowest BCUT2D eigenvalue weighted by Crippen LogP contribution is -2.17. The molecule has 0 fully saturated rings. The Morgan fingerprint density at radius 2 is 2.03 bits per heavy atom. The summed E-state index contributed by atoms with van der Waals surface area (Å²) in [5.41, 5.74) is 2.49. The number of hydrogen-bond donors (Lipinski definition) is 2. The van der Waals surface area contributed by atoms with E-state index in [1.165, 1.54) is 18.3 Å². The number of hydrogen-bond acceptors (Lipinski definition) is 7. The average Bonchev–Trinajstić information content (AvgIpc) is 2.74. The van der Waals surface area contributed by atoms with Crippen molar-refractivity contribution in [3.8, 4) is 17.2 Å². The molecule has 9 heteroatoms. The van der Waals surface area contributed by atoms with Gasteiger partial charge in [0.05, 0.1) is 10.6 Å². The highest BCUT2D eigenvalue weighted by molar-refractivity contribution is 6.31. The first kappa shape index (κ1) is 21.4. The van der Waals surface area contributed by atoms with Gasteiger partial charge in [0.15, 0.2) is 0 Å². The molecular formula is C21H21ClFN7. The van der Waals surface area contributed by atoms with E-state index in [1.807, 2.05) is 14.1 Å². The van der Waals surface area contributed by atoms with Crippen LogP contribution < -0.4 is 10.6 Å². The van der Waals surface area contributed by atoms with Gasteiger partial charge >= 0.3 is 0 Å². The number of aromatic nitrogens is 3. The maximum absolute atomic E-state index is 13.4. The van der Waals surface area contributed by atoms with Crippen molar-refractivity contribution in [1.29, 1.82) is 5.26 Å². The van der Waals surface area contributed by atoms with Crippen molar-refractivity contribution in [2.24, 2.45) is 0 Å². The lowest BCUT2D eigenvalue weighted by molar-refractivity contribution is 0.405. The van der Waals surface area contributed by atoms with Gasteiger partial charge in [-0.05, 0) is 51.3 Å². The minimum Gasteiger partial charge on any atom is -0.369 e. The summed E-state index contributed by atoms with van der Waals surface area (Å²) in [4.78, 5) is 15.2. The van der Waals surface area contributed by atoms with Gasteiger partial charge in [-0.2, -0.15) is 10.2 Å². The van der Waals surface area contributed by atoms with Gasteiger partial charge in [-0.1, -0.05) is 11.6 Å². The minimum atomic E-state index is -0.494. The summed E-state index contributed by atoms with van der Waals surface area (Å²) in [5, 5.41) is 15.5. The zero-order valence-corrected chi connectivity index (χ0v) is 17.4. The number of nitriles is 1. The summed E-state index contributed by atoms with van der Waals surface area (Å²) >= 11 is 5.85. The van der Waals surface area contributed by atoms with Crippen LogP contribution in [0.25, 0.3) is 11.1 Å². The normalized spacial score (nSPS) is 10.7. The van der Waals surface area contributed by atoms with E-state index >= 15 is 0 Å². The van der Waals surface area contributed by atoms with E-state index in [-0.39, 0.29) is 5.02 Å². The SMILES string of the molecule is CN(C)CCCNc1nc(Nc2ccc(F)c(Cl)c2)ncc1-c1cncc(C#N)c1. The van der Waals surface area contributed by atoms with Crippen molar-refractivity contribution in [3.63, 3.8) is 0 Å². The van der Waals surface area contributed by atoms with Crippen LogP contribution >= 0.6 is 11.6 Å². The van der Waals surface area contributed by atoms with Crippen LogP contribution in [0.5, 0.6) is 0 Å². The molecule has 3 rings (SSSR count). The second-order valence-corrected chi connectivity index (χ2v) is 7.27. The van der Waals surface area contributed by atoms with E-state index in [1.54, 1.807) is 24.5 Å². The molecule has 2 heterocycles. The Morgan fingerprint density at radius 3 is 2.77 bits per heavy atom. The maximum Gasteiger partial charge on any atom is 0.229 e. The van der Waals surface area contributed by atoms with Crippen molar-refractivity contribution in [2.75, 3.05) is 37.8 Å². The Bertz CT molecular complexity index is 1070. The summed E-state index contributed by atoms with van der Waals surface area (Å²) in [5.74, 6) is 0.448. The fourth-order valence-electron chi connectivity index (χ4n) is 2.74. The largest absolute Gasteiger partial charge is 0.369 e. The molecule has 7 nitrogen and oxygen atoms in total. The van der Waals surface area contributed by atoms with Crippen molar-refractivity contribution in [1.82, 2.24) is 19.9 Å². The standard InChI is InChI=1S/C21H21ClFN7/c1-30(2)7-3-6-26-20-17(15-8-14(10-24)11-25-12-15)13-27-21(29-20)28-16-4-5-19(23)18(22)9-16/h4-5,8-9,11-13H,3,6-7H2,1-2H3,(H2,26,27,28,29). The summed E-state index contributed by atoms with van der Waals surface area (Å²) in [6, 6.07) is 8.14. The van der Waals surface area contributed by atoms with Crippen LogP contribution in [0.2, 0.25) is 5.02 Å². The molecule has 0 unspecified atom stereocenters. The second-order valence-electron chi connectivity index (χ2n) is 6.87. The smallest absolute Gasteiger partial charge is 0.229 e. The fourth-order valence-corrected chi connectivity index (χ4v) is 2.92. The molecule has 0 bridgehead atoms. The quantitative estimate of drug-likeness (QED) is 0.519. The van der Waals surface area contributed by atoms with Crippen molar-refractivity contribution >= 4 is 29.1 Å². The molecule has 0 aliphatic rings. The lowest BCUT2D eigenvalue weighted by Gasteiger charge is -2.14. The van der Waals surface area contributed by atoms with Crippen LogP contribution in [-0.4, -0.2) is 47.0 Å². The van der Waals surface area contributed by atoms with E-state index in [0.717, 1.165) is 24.1 Å². The Hall–Kier alpha value is -3.28. The molecule has 0 atom stereocenters. The van der Waals surface area contributed by atoms with Crippen LogP contribution in [-0.2, 0) is 0 Å². The van der Waals surface area contributed by atoms with E-state index in [2.05, 4.69) is 36.6 Å². The molecular weight excluding hydrogens is 405 g/mol. The first-order chi connectivity index (χ1) is 14.5. The number of anilines is 3. The summed E-state index contributed by atoms with van der Waals surface area (Å²) in [6.07, 6.45) is 5.75. The Balaban J connectivity index is 1.89. The summed E-state index contributed by atoms with van der Waals surface area (Å²) in [7, 11) is 4.04. The molecule has 2 N–H and O–H groups in total. The molecule has 0 saturated heterocycles. The predicted octanol–water partition coefficient (Wildman–Crippen LogP) is 4.31. The van der Waals surface area contributed by atoms with E-state index in [4.69, 9.17) is 16.9 Å². The van der Waals surface area contributed by atoms with Gasteiger partial charge in [0.25, 0.3) is 0 Å². The minimum absolute atomic E-state index is 0.0121. The fraction of sp³-hybridized carbons (Fsp3) is 0.238. The third-order valence-corrected chi connectivity index (χ3v) is 4.51. The van der Waals surface area contributed by atoms with Crippen LogP contribution in [0.15, 0.2) is 42.9 Å². The number of rotatable bonds is 8. The molecule has 154 valence electrons. The molecule has 0 amide bonds. The van der Waals surface area contributed by atoms with Gasteiger partial charge in [0, 0.05) is 41.9 Å². The van der Waals surface area contributed by atoms with Gasteiger partial charge in [0.2, 0.25) is 5.95 Å². The molecule has 0 aliphatic carbocycles. The Morgan fingerprint density at radius 1 is 1.20 bits per heavy atom. The van der Waals surface area contributed by atoms with E-state index in [0.29, 0.717) is 29.6 Å². The Kier molecular flexibility index (Phi) is 7.12. The van der Waals surface area contributed by atoms with Crippen LogP contribution in [0.1, 0.15) is 12.0 Å². The van der Waals surface area contributed by atoms with Crippen LogP contribution in [0, 0.1) is 17.1 Å². The zero-order valence-electron chi connectivity index (χ0n) is 16.7. The highest BCUT2D eigenvalue weighted by Crippen LogP contribution is 2.28. The summed E-state index contributed by atoms with van der Waals surface area (Å²) < 4.78 is 13.4. The number of benzene rings is 1. The molecule has 30 heavy (non-hydrogen) atoms. The molecule has 1 aromatic carbocycles. The first-order valence-electron chi connectivity index (χ1n) is 9.29. The lowest BCUT2D eigenvalue weighted by atomic mass is 10.1. The first-order valence-corrected chi connectivity index (χ1v) is 9.67. The summed E-state index contributed by atoms with van der Waals surface area (Å²) in [6.45, 7) is 1.63. The molecule has 0 saturated carbocycles. The monoisotopic (exact) mass is 425 g/mol. The molecule has 0 aliphatic heterocycles. The third kappa shape index (κ3) is 5.63. The second kappa shape index (κ2) is 9.96. The molecule has 0 radical (unpaired) electrons. The van der Waals surface area contributed by atoms with E-state index < -0.39 is 5.82 Å². The van der Waals surface area contributed by atoms with Gasteiger partial charge in [-0.25, -0.2) is 9.37 Å². The average molecular weight is 426 g/mol. The van der Waals surface area contributed by atoms with Crippen LogP contribution in [0.4, 0.5) is 21.8 Å². The molecule has 3 aromatic rings. The van der Waals surface area contributed by atoms with Crippen molar-refractivity contribution in [3.05, 3.63) is 59.3 Å². The number of nitrogens with one attached hydrogen (secondary N) is 2. The van der Waals surface area contributed by atoms with Gasteiger partial charge < -0.3 is 15.5 Å². The topological polar surface area (TPSA) is 89.8 Å². The predicted molar refractivity (Wildman–Crippen MR) is 116 cm³/mol. The third-order valence-electron chi connectivity index (χ3n) is 4.22. The van der Waals surface area contributed by atoms with Gasteiger partial charge in [-0.3, -0.25) is 4.98 Å². The number of halogens is 2. The van der Waals surface area contributed by atoms with Gasteiger partial charge in [0.1, 0.15) is 17.7 Å². The Labute approximate surface area is 179 Å². The highest BCUT2D eigenvalue weighted by Gasteiger charge is 2.12. The van der Waals surface area contributed by atoms with Gasteiger partial charge in [-0.15, -0.1) is 0 Å². The highest BCUT2D eigenvalue weighted by atomic mass is 35.5. The van der Waals surface area contributed by atoms with Crippen LogP contribution in [0.3, 0.4) is 0 Å². The number of nitrogens with zero attached hydrogens (tertiary/aromatic N) is 5. The van der Waals surface area contributed by atoms with Crippen molar-refractivity contribution in [2.45, 2.75) is 6.42 Å². The molecule has 0 spiro atoms. The zero-order chi connectivity index (χ0) is 21.5. The maximum atomic E-state index is 13.4. The molecule has 2 aromatic heterocycles. The van der Waals surface area contributed by atoms with Crippen molar-refractivity contribution < 1.29 is 4.39 Å². The number of pyridine rings is 1. The van der Waals surface area contributed by atoms with E-state index in [9.17, 15) is 4.39 Å².